The highest BCUT2D eigenvalue weighted by Gasteiger charge is 2.29. The van der Waals surface area contributed by atoms with Crippen molar-refractivity contribution in [2.45, 2.75) is 65.3 Å². The smallest absolute Gasteiger partial charge is 0.408 e. The van der Waals surface area contributed by atoms with Gasteiger partial charge in [0.25, 0.3) is 0 Å². The van der Waals surface area contributed by atoms with Crippen molar-refractivity contribution >= 4 is 23.8 Å². The predicted octanol–water partition coefficient (Wildman–Crippen LogP) is -0.997. The van der Waals surface area contributed by atoms with Gasteiger partial charge >= 0.3 is 6.09 Å². The lowest BCUT2D eigenvalue weighted by Gasteiger charge is -2.26. The summed E-state index contributed by atoms with van der Waals surface area (Å²) in [6.07, 6.45) is -0.764. The summed E-state index contributed by atoms with van der Waals surface area (Å²) < 4.78 is 5.06. The number of hydrogen-bond donors (Lipinski definition) is 5. The van der Waals surface area contributed by atoms with Crippen LogP contribution in [0, 0.1) is 5.92 Å². The Morgan fingerprint density at radius 3 is 1.92 bits per heavy atom. The van der Waals surface area contributed by atoms with Gasteiger partial charge < -0.3 is 31.5 Å². The number of nitrogens with one attached hydrogen (secondary N) is 3. The Balaban J connectivity index is 4.88. The van der Waals surface area contributed by atoms with Crippen molar-refractivity contribution in [3.05, 3.63) is 0 Å². The molecule has 0 radical (unpaired) electrons. The van der Waals surface area contributed by atoms with Crippen LogP contribution < -0.4 is 21.7 Å². The van der Waals surface area contributed by atoms with Gasteiger partial charge in [-0.1, -0.05) is 13.8 Å². The van der Waals surface area contributed by atoms with Crippen molar-refractivity contribution < 1.29 is 29.0 Å². The normalized spacial score (nSPS) is 14.8. The maximum Gasteiger partial charge on any atom is 0.408 e. The Hall–Kier alpha value is -2.36. The number of rotatable bonds is 8. The minimum Gasteiger partial charge on any atom is -0.444 e. The van der Waals surface area contributed by atoms with Gasteiger partial charge in [-0.3, -0.25) is 14.4 Å². The highest BCUT2D eigenvalue weighted by atomic mass is 16.6. The van der Waals surface area contributed by atoms with Gasteiger partial charge in [0.15, 0.2) is 0 Å². The molecule has 26 heavy (non-hydrogen) atoms. The van der Waals surface area contributed by atoms with Crippen molar-refractivity contribution in [2.24, 2.45) is 11.7 Å². The van der Waals surface area contributed by atoms with Crippen LogP contribution in [0.5, 0.6) is 0 Å². The van der Waals surface area contributed by atoms with Crippen LogP contribution in [0.4, 0.5) is 4.79 Å². The van der Waals surface area contributed by atoms with Gasteiger partial charge in [0.1, 0.15) is 23.7 Å². The van der Waals surface area contributed by atoms with Crippen molar-refractivity contribution in [2.75, 3.05) is 6.61 Å². The van der Waals surface area contributed by atoms with Gasteiger partial charge in [0.2, 0.25) is 17.7 Å². The first-order chi connectivity index (χ1) is 11.8. The topological polar surface area (TPSA) is 160 Å². The third-order valence-corrected chi connectivity index (χ3v) is 3.22. The molecule has 150 valence electrons. The zero-order valence-corrected chi connectivity index (χ0v) is 16.1. The number of ether oxygens (including phenoxy) is 1. The largest absolute Gasteiger partial charge is 0.444 e. The van der Waals surface area contributed by atoms with E-state index in [1.807, 2.05) is 0 Å². The van der Waals surface area contributed by atoms with E-state index >= 15 is 0 Å². The summed E-state index contributed by atoms with van der Waals surface area (Å²) >= 11 is 0. The van der Waals surface area contributed by atoms with Crippen LogP contribution in [0.2, 0.25) is 0 Å². The third-order valence-electron chi connectivity index (χ3n) is 3.22. The maximum atomic E-state index is 12.3. The average molecular weight is 374 g/mol. The number of carbonyl (C=O) groups excluding carboxylic acids is 4. The molecule has 4 amide bonds. The van der Waals surface area contributed by atoms with Crippen LogP contribution in [0.1, 0.15) is 41.5 Å². The monoisotopic (exact) mass is 374 g/mol. The van der Waals surface area contributed by atoms with Crippen LogP contribution in [0.15, 0.2) is 0 Å². The van der Waals surface area contributed by atoms with E-state index in [9.17, 15) is 19.2 Å². The van der Waals surface area contributed by atoms with Gasteiger partial charge in [0.05, 0.1) is 6.61 Å². The van der Waals surface area contributed by atoms with Crippen LogP contribution >= 0.6 is 0 Å². The van der Waals surface area contributed by atoms with Gasteiger partial charge in [-0.2, -0.15) is 0 Å². The second-order valence-electron chi connectivity index (χ2n) is 7.24. The molecular formula is C16H30N4O6. The minimum absolute atomic E-state index is 0.320. The fraction of sp³-hybridized carbons (Fsp3) is 0.750. The molecule has 0 spiro atoms. The maximum absolute atomic E-state index is 12.3. The summed E-state index contributed by atoms with van der Waals surface area (Å²) in [4.78, 5) is 47.4. The van der Waals surface area contributed by atoms with Gasteiger partial charge in [0, 0.05) is 0 Å². The van der Waals surface area contributed by atoms with E-state index in [1.165, 1.54) is 6.92 Å². The van der Waals surface area contributed by atoms with Crippen LogP contribution in [0.3, 0.4) is 0 Å². The molecule has 0 unspecified atom stereocenters. The lowest BCUT2D eigenvalue weighted by Crippen LogP contribution is -2.58. The molecule has 0 aliphatic rings. The fourth-order valence-electron chi connectivity index (χ4n) is 1.83. The molecule has 0 aromatic carbocycles. The molecule has 0 aromatic heterocycles. The average Bonchev–Trinajstić information content (AvgIpc) is 2.46. The van der Waals surface area contributed by atoms with Crippen molar-refractivity contribution in [3.8, 4) is 0 Å². The van der Waals surface area contributed by atoms with Gasteiger partial charge in [-0.15, -0.1) is 0 Å². The van der Waals surface area contributed by atoms with E-state index in [0.717, 1.165) is 0 Å². The molecule has 0 saturated heterocycles. The van der Waals surface area contributed by atoms with Gasteiger partial charge in [-0.05, 0) is 33.6 Å². The lowest BCUT2D eigenvalue weighted by molar-refractivity contribution is -0.133. The minimum atomic E-state index is -1.25. The Labute approximate surface area is 153 Å². The first-order valence-electron chi connectivity index (χ1n) is 8.29. The summed E-state index contributed by atoms with van der Waals surface area (Å²) in [6, 6.07) is -3.19. The summed E-state index contributed by atoms with van der Waals surface area (Å²) in [7, 11) is 0. The second kappa shape index (κ2) is 9.95. The van der Waals surface area contributed by atoms with Crippen molar-refractivity contribution in [1.82, 2.24) is 16.0 Å². The van der Waals surface area contributed by atoms with Crippen LogP contribution in [-0.2, 0) is 19.1 Å². The molecule has 6 N–H and O–H groups in total. The summed E-state index contributed by atoms with van der Waals surface area (Å²) in [5.41, 5.74) is 4.35. The Morgan fingerprint density at radius 2 is 1.54 bits per heavy atom. The standard InChI is InChI=1S/C16H30N4O6/c1-8(2)11(14(24)19-10(7-21)12(17)22)20-13(23)9(3)18-15(25)26-16(4,5)6/h8-11,21H,7H2,1-6H3,(H2,17,22)(H,18,25)(H,19,24)(H,20,23)/t9-,10-,11-/m0/s1. The van der Waals surface area contributed by atoms with Crippen LogP contribution in [0.25, 0.3) is 0 Å². The number of aliphatic hydroxyl groups is 1. The number of alkyl carbamates (subject to hydrolysis) is 1. The first kappa shape index (κ1) is 23.6. The molecule has 0 rings (SSSR count). The quantitative estimate of drug-likeness (QED) is 0.366. The van der Waals surface area contributed by atoms with E-state index in [2.05, 4.69) is 16.0 Å². The van der Waals surface area contributed by atoms with Gasteiger partial charge in [-0.25, -0.2) is 4.79 Å². The summed E-state index contributed by atoms with van der Waals surface area (Å²) in [6.45, 7) is 9.22. The first-order valence-corrected chi connectivity index (χ1v) is 8.29. The molecule has 10 heteroatoms. The number of nitrogens with two attached hydrogens (primary N) is 1. The van der Waals surface area contributed by atoms with Crippen LogP contribution in [-0.4, -0.2) is 59.3 Å². The Kier molecular flexibility index (Phi) is 9.05. The van der Waals surface area contributed by atoms with E-state index in [4.69, 9.17) is 15.6 Å². The molecule has 0 aromatic rings. The molecular weight excluding hydrogens is 344 g/mol. The zero-order valence-electron chi connectivity index (χ0n) is 16.1. The number of hydrogen-bond acceptors (Lipinski definition) is 6. The molecule has 0 aliphatic carbocycles. The zero-order chi connectivity index (χ0) is 20.7. The molecule has 0 aliphatic heterocycles. The highest BCUT2D eigenvalue weighted by Crippen LogP contribution is 2.07. The fourth-order valence-corrected chi connectivity index (χ4v) is 1.83. The number of aliphatic hydroxyl groups excluding tert-OH is 1. The van der Waals surface area contributed by atoms with E-state index in [1.54, 1.807) is 34.6 Å². The Bertz CT molecular complexity index is 529. The molecule has 0 bridgehead atoms. The Morgan fingerprint density at radius 1 is 1.00 bits per heavy atom. The summed E-state index contributed by atoms with van der Waals surface area (Å²) in [5, 5.41) is 16.2. The molecule has 3 atom stereocenters. The van der Waals surface area contributed by atoms with E-state index in [0.29, 0.717) is 0 Å². The predicted molar refractivity (Wildman–Crippen MR) is 93.8 cm³/mol. The highest BCUT2D eigenvalue weighted by molar-refractivity contribution is 5.93. The number of amides is 4. The number of primary amides is 1. The third kappa shape index (κ3) is 8.65. The second-order valence-corrected chi connectivity index (χ2v) is 7.24. The molecule has 0 fully saturated rings. The van der Waals surface area contributed by atoms with E-state index in [-0.39, 0.29) is 5.92 Å². The molecule has 0 heterocycles. The molecule has 0 saturated carbocycles. The summed E-state index contributed by atoms with van der Waals surface area (Å²) in [5.74, 6) is -2.49. The van der Waals surface area contributed by atoms with Crippen molar-refractivity contribution in [3.63, 3.8) is 0 Å². The van der Waals surface area contributed by atoms with E-state index < -0.39 is 54.1 Å². The molecule has 10 nitrogen and oxygen atoms in total. The number of carbonyl (C=O) groups is 4. The van der Waals surface area contributed by atoms with Crippen molar-refractivity contribution in [1.29, 1.82) is 0 Å². The SMILES string of the molecule is CC(C)[C@H](NC(=O)[C@H](C)NC(=O)OC(C)(C)C)C(=O)N[C@@H](CO)C(N)=O. The lowest BCUT2D eigenvalue weighted by atomic mass is 10.0.